The monoisotopic (exact) mass is 332 g/mol. The molecule has 0 aromatic heterocycles. The molecule has 6 heteroatoms. The normalized spacial score (nSPS) is 22.9. The van der Waals surface area contributed by atoms with Crippen molar-refractivity contribution in [1.82, 2.24) is 5.32 Å². The largest absolute Gasteiger partial charge is 0.305 e. The van der Waals surface area contributed by atoms with Gasteiger partial charge in [0.15, 0.2) is 4.87 Å². The predicted molar refractivity (Wildman–Crippen MR) is 86.1 cm³/mol. The molecule has 1 spiro atoms. The number of thioether (sulfide) groups is 1. The van der Waals surface area contributed by atoms with Crippen molar-refractivity contribution in [2.75, 3.05) is 17.2 Å². The van der Waals surface area contributed by atoms with Gasteiger partial charge in [-0.1, -0.05) is 24.3 Å². The lowest BCUT2D eigenvalue weighted by molar-refractivity contribution is -0.121. The van der Waals surface area contributed by atoms with Crippen LogP contribution in [0.25, 0.3) is 0 Å². The molecule has 1 unspecified atom stereocenters. The van der Waals surface area contributed by atoms with E-state index in [1.807, 2.05) is 24.3 Å². The molecular formula is C17H14F2N2OS. The molecule has 1 amide bonds. The topological polar surface area (TPSA) is 32.3 Å². The molecule has 2 aromatic rings. The SMILES string of the molecule is O=C1N(Cc2ccc(F)cc2F)c2ccccc2C12NCCS2. The molecule has 0 saturated carbocycles. The van der Waals surface area contributed by atoms with Crippen molar-refractivity contribution in [3.8, 4) is 0 Å². The maximum Gasteiger partial charge on any atom is 0.262 e. The first kappa shape index (κ1) is 14.7. The standard InChI is InChI=1S/C17H14F2N2OS/c18-12-6-5-11(14(19)9-12)10-21-15-4-2-1-3-13(15)17(16(21)22)20-7-8-23-17/h1-6,9,20H,7-8,10H2. The summed E-state index contributed by atoms with van der Waals surface area (Å²) in [5.41, 5.74) is 1.99. The summed E-state index contributed by atoms with van der Waals surface area (Å²) in [6.45, 7) is 0.843. The molecule has 2 heterocycles. The van der Waals surface area contributed by atoms with Crippen molar-refractivity contribution < 1.29 is 13.6 Å². The quantitative estimate of drug-likeness (QED) is 0.918. The average Bonchev–Trinajstić information content (AvgIpc) is 3.11. The summed E-state index contributed by atoms with van der Waals surface area (Å²) < 4.78 is 27.1. The maximum atomic E-state index is 14.0. The molecule has 23 heavy (non-hydrogen) atoms. The highest BCUT2D eigenvalue weighted by atomic mass is 32.2. The minimum atomic E-state index is -0.771. The van der Waals surface area contributed by atoms with Crippen LogP contribution in [0.3, 0.4) is 0 Å². The summed E-state index contributed by atoms with van der Waals surface area (Å²) in [7, 11) is 0. The van der Waals surface area contributed by atoms with Gasteiger partial charge in [0.2, 0.25) is 0 Å². The first-order chi connectivity index (χ1) is 11.1. The van der Waals surface area contributed by atoms with E-state index in [4.69, 9.17) is 0 Å². The van der Waals surface area contributed by atoms with Gasteiger partial charge in [0.05, 0.1) is 12.2 Å². The summed E-state index contributed by atoms with van der Waals surface area (Å²) in [6, 6.07) is 11.0. The van der Waals surface area contributed by atoms with Gasteiger partial charge in [-0.3, -0.25) is 10.1 Å². The Morgan fingerprint density at radius 1 is 1.22 bits per heavy atom. The first-order valence-corrected chi connectivity index (χ1v) is 8.35. The number of anilines is 1. The third kappa shape index (κ3) is 2.16. The number of nitrogens with zero attached hydrogens (tertiary/aromatic N) is 1. The lowest BCUT2D eigenvalue weighted by Gasteiger charge is -2.23. The number of halogens is 2. The van der Waals surface area contributed by atoms with Crippen LogP contribution in [0.2, 0.25) is 0 Å². The Labute approximate surface area is 136 Å². The van der Waals surface area contributed by atoms with Gasteiger partial charge in [0.1, 0.15) is 11.6 Å². The summed E-state index contributed by atoms with van der Waals surface area (Å²) in [6.07, 6.45) is 0. The summed E-state index contributed by atoms with van der Waals surface area (Å²) in [5.74, 6) is -0.504. The predicted octanol–water partition coefficient (Wildman–Crippen LogP) is 3.00. The number of fused-ring (bicyclic) bond motifs is 2. The van der Waals surface area contributed by atoms with Crippen LogP contribution in [-0.2, 0) is 16.2 Å². The molecule has 1 N–H and O–H groups in total. The smallest absolute Gasteiger partial charge is 0.262 e. The number of amides is 1. The van der Waals surface area contributed by atoms with Crippen molar-refractivity contribution in [2.45, 2.75) is 11.4 Å². The van der Waals surface area contributed by atoms with Crippen LogP contribution >= 0.6 is 11.8 Å². The summed E-state index contributed by atoms with van der Waals surface area (Å²) in [4.78, 5) is 13.8. The number of nitrogens with one attached hydrogen (secondary N) is 1. The number of hydrogen-bond acceptors (Lipinski definition) is 3. The highest BCUT2D eigenvalue weighted by Crippen LogP contribution is 2.49. The van der Waals surface area contributed by atoms with Crippen molar-refractivity contribution in [3.63, 3.8) is 0 Å². The number of rotatable bonds is 2. The van der Waals surface area contributed by atoms with Gasteiger partial charge >= 0.3 is 0 Å². The zero-order chi connectivity index (χ0) is 16.0. The molecule has 0 aliphatic carbocycles. The minimum absolute atomic E-state index is 0.0892. The fourth-order valence-corrected chi connectivity index (χ4v) is 4.47. The molecular weight excluding hydrogens is 318 g/mol. The van der Waals surface area contributed by atoms with E-state index in [0.29, 0.717) is 5.56 Å². The van der Waals surface area contributed by atoms with Gasteiger partial charge in [0, 0.05) is 29.5 Å². The third-order valence-electron chi connectivity index (χ3n) is 4.26. The van der Waals surface area contributed by atoms with E-state index in [2.05, 4.69) is 5.32 Å². The average molecular weight is 332 g/mol. The number of hydrogen-bond donors (Lipinski definition) is 1. The lowest BCUT2D eigenvalue weighted by atomic mass is 10.1. The third-order valence-corrected chi connectivity index (χ3v) is 5.64. The summed E-state index contributed by atoms with van der Waals surface area (Å²) >= 11 is 1.57. The summed E-state index contributed by atoms with van der Waals surface area (Å²) in [5, 5.41) is 3.30. The molecule has 3 nitrogen and oxygen atoms in total. The van der Waals surface area contributed by atoms with Gasteiger partial charge in [0.25, 0.3) is 5.91 Å². The molecule has 0 radical (unpaired) electrons. The van der Waals surface area contributed by atoms with E-state index in [1.165, 1.54) is 12.1 Å². The molecule has 118 valence electrons. The zero-order valence-corrected chi connectivity index (χ0v) is 13.0. The van der Waals surface area contributed by atoms with E-state index in [1.54, 1.807) is 16.7 Å². The van der Waals surface area contributed by atoms with Gasteiger partial charge in [-0.2, -0.15) is 0 Å². The number of carbonyl (C=O) groups excluding carboxylic acids is 1. The van der Waals surface area contributed by atoms with Crippen LogP contribution in [0, 0.1) is 11.6 Å². The molecule has 2 aliphatic heterocycles. The van der Waals surface area contributed by atoms with Crippen molar-refractivity contribution in [2.24, 2.45) is 0 Å². The zero-order valence-electron chi connectivity index (χ0n) is 12.2. The van der Waals surface area contributed by atoms with E-state index in [-0.39, 0.29) is 12.5 Å². The Morgan fingerprint density at radius 2 is 2.04 bits per heavy atom. The first-order valence-electron chi connectivity index (χ1n) is 7.36. The van der Waals surface area contributed by atoms with E-state index < -0.39 is 16.5 Å². The molecule has 1 fully saturated rings. The highest BCUT2D eigenvalue weighted by Gasteiger charge is 2.53. The molecule has 2 aromatic carbocycles. The van der Waals surface area contributed by atoms with Crippen LogP contribution in [0.15, 0.2) is 42.5 Å². The van der Waals surface area contributed by atoms with Crippen molar-refractivity contribution in [3.05, 3.63) is 65.2 Å². The van der Waals surface area contributed by atoms with Gasteiger partial charge in [-0.25, -0.2) is 8.78 Å². The lowest BCUT2D eigenvalue weighted by Crippen LogP contribution is -2.44. The van der Waals surface area contributed by atoms with Crippen LogP contribution in [-0.4, -0.2) is 18.2 Å². The van der Waals surface area contributed by atoms with Crippen LogP contribution < -0.4 is 10.2 Å². The van der Waals surface area contributed by atoms with E-state index in [9.17, 15) is 13.6 Å². The Kier molecular flexibility index (Phi) is 3.39. The second-order valence-electron chi connectivity index (χ2n) is 5.60. The second-order valence-corrected chi connectivity index (χ2v) is 6.91. The minimum Gasteiger partial charge on any atom is -0.305 e. The Hall–Kier alpha value is -1.92. The van der Waals surface area contributed by atoms with Gasteiger partial charge in [-0.15, -0.1) is 11.8 Å². The molecule has 2 aliphatic rings. The Morgan fingerprint density at radius 3 is 2.78 bits per heavy atom. The molecule has 1 saturated heterocycles. The van der Waals surface area contributed by atoms with Crippen molar-refractivity contribution >= 4 is 23.4 Å². The van der Waals surface area contributed by atoms with E-state index in [0.717, 1.165) is 29.6 Å². The molecule has 4 rings (SSSR count). The fourth-order valence-electron chi connectivity index (χ4n) is 3.19. The Bertz CT molecular complexity index is 790. The van der Waals surface area contributed by atoms with Gasteiger partial charge < -0.3 is 4.90 Å². The van der Waals surface area contributed by atoms with Crippen molar-refractivity contribution in [1.29, 1.82) is 0 Å². The maximum absolute atomic E-state index is 14.0. The van der Waals surface area contributed by atoms with E-state index >= 15 is 0 Å². The molecule has 0 bridgehead atoms. The van der Waals surface area contributed by atoms with Crippen LogP contribution in [0.4, 0.5) is 14.5 Å². The Balaban J connectivity index is 1.76. The van der Waals surface area contributed by atoms with Crippen LogP contribution in [0.5, 0.6) is 0 Å². The number of carbonyl (C=O) groups is 1. The number of para-hydroxylation sites is 1. The van der Waals surface area contributed by atoms with Gasteiger partial charge in [-0.05, 0) is 12.1 Å². The molecule has 1 atom stereocenters. The number of benzene rings is 2. The second kappa shape index (κ2) is 5.32. The van der Waals surface area contributed by atoms with Crippen LogP contribution in [0.1, 0.15) is 11.1 Å². The fraction of sp³-hybridized carbons (Fsp3) is 0.235. The highest BCUT2D eigenvalue weighted by molar-refractivity contribution is 8.01.